The Kier molecular flexibility index (Phi) is 13.0. The van der Waals surface area contributed by atoms with Crippen molar-refractivity contribution in [2.45, 2.75) is 65.9 Å². The molecule has 1 atom stereocenters. The Hall–Kier alpha value is -0.0800. The van der Waals surface area contributed by atoms with Crippen molar-refractivity contribution < 1.29 is 9.47 Å². The van der Waals surface area contributed by atoms with Crippen LogP contribution in [0.1, 0.15) is 60.3 Å². The maximum Gasteiger partial charge on any atom is 0.0648 e. The van der Waals surface area contributed by atoms with E-state index < -0.39 is 0 Å². The van der Waals surface area contributed by atoms with E-state index in [-0.39, 0.29) is 5.60 Å². The number of methoxy groups -OCH3 is 2. The van der Waals surface area contributed by atoms with Crippen molar-refractivity contribution in [2.75, 3.05) is 20.8 Å². The minimum atomic E-state index is 0.0508. The Morgan fingerprint density at radius 2 is 1.62 bits per heavy atom. The first-order valence-corrected chi connectivity index (χ1v) is 6.50. The van der Waals surface area contributed by atoms with E-state index >= 15 is 0 Å². The maximum atomic E-state index is 5.40. The van der Waals surface area contributed by atoms with Crippen LogP contribution in [-0.4, -0.2) is 26.4 Å². The summed E-state index contributed by atoms with van der Waals surface area (Å²) >= 11 is 0. The highest BCUT2D eigenvalue weighted by Crippen LogP contribution is 2.24. The predicted molar refractivity (Wildman–Crippen MR) is 71.9 cm³/mol. The van der Waals surface area contributed by atoms with Crippen molar-refractivity contribution in [1.29, 1.82) is 0 Å². The minimum Gasteiger partial charge on any atom is -0.385 e. The van der Waals surface area contributed by atoms with E-state index in [1.807, 2.05) is 0 Å². The fourth-order valence-electron chi connectivity index (χ4n) is 1.26. The standard InChI is InChI=1S/C10H22O.C4H10O/c1-6-7-8-9(2)10(3,4)11-5;1-3-4-5-2/h9H,6-8H2,1-5H3;3-4H2,1-2H3. The molecular weight excluding hydrogens is 200 g/mol. The third kappa shape index (κ3) is 10.4. The molecular formula is C14H32O2. The van der Waals surface area contributed by atoms with E-state index in [0.717, 1.165) is 13.0 Å². The number of ether oxygens (including phenoxy) is 2. The van der Waals surface area contributed by atoms with E-state index in [1.54, 1.807) is 14.2 Å². The number of hydrogen-bond donors (Lipinski definition) is 0. The molecule has 2 heteroatoms. The lowest BCUT2D eigenvalue weighted by molar-refractivity contribution is -0.0250. The molecule has 0 rings (SSSR count). The molecule has 0 amide bonds. The zero-order valence-corrected chi connectivity index (χ0v) is 12.4. The molecule has 100 valence electrons. The topological polar surface area (TPSA) is 18.5 Å². The van der Waals surface area contributed by atoms with Gasteiger partial charge in [-0.25, -0.2) is 0 Å². The van der Waals surface area contributed by atoms with Gasteiger partial charge in [-0.15, -0.1) is 0 Å². The van der Waals surface area contributed by atoms with Gasteiger partial charge in [-0.1, -0.05) is 33.6 Å². The van der Waals surface area contributed by atoms with Gasteiger partial charge in [0.25, 0.3) is 0 Å². The molecule has 0 radical (unpaired) electrons. The van der Waals surface area contributed by atoms with Crippen molar-refractivity contribution >= 4 is 0 Å². The monoisotopic (exact) mass is 232 g/mol. The van der Waals surface area contributed by atoms with Gasteiger partial charge in [0.05, 0.1) is 5.60 Å². The van der Waals surface area contributed by atoms with Crippen LogP contribution < -0.4 is 0 Å². The molecule has 0 heterocycles. The van der Waals surface area contributed by atoms with Crippen LogP contribution in [0.15, 0.2) is 0 Å². The Balaban J connectivity index is 0. The van der Waals surface area contributed by atoms with Crippen LogP contribution in [-0.2, 0) is 9.47 Å². The third-order valence-corrected chi connectivity index (χ3v) is 3.11. The highest BCUT2D eigenvalue weighted by atomic mass is 16.5. The van der Waals surface area contributed by atoms with Gasteiger partial charge in [0.1, 0.15) is 0 Å². The summed E-state index contributed by atoms with van der Waals surface area (Å²) < 4.78 is 10.1. The van der Waals surface area contributed by atoms with Gasteiger partial charge in [0, 0.05) is 20.8 Å². The normalized spacial score (nSPS) is 12.9. The van der Waals surface area contributed by atoms with Crippen LogP contribution >= 0.6 is 0 Å². The van der Waals surface area contributed by atoms with Gasteiger partial charge in [0.2, 0.25) is 0 Å². The van der Waals surface area contributed by atoms with Crippen molar-refractivity contribution in [1.82, 2.24) is 0 Å². The number of unbranched alkanes of at least 4 members (excludes halogenated alkanes) is 1. The van der Waals surface area contributed by atoms with Gasteiger partial charge in [-0.2, -0.15) is 0 Å². The summed E-state index contributed by atoms with van der Waals surface area (Å²) in [5, 5.41) is 0. The maximum absolute atomic E-state index is 5.40. The summed E-state index contributed by atoms with van der Waals surface area (Å²) in [4.78, 5) is 0. The quantitative estimate of drug-likeness (QED) is 0.652. The first kappa shape index (κ1) is 18.3. The molecule has 0 bridgehead atoms. The fourth-order valence-corrected chi connectivity index (χ4v) is 1.26. The van der Waals surface area contributed by atoms with Gasteiger partial charge in [-0.05, 0) is 32.6 Å². The SMILES string of the molecule is CCCCC(C)C(C)(C)OC.CCCOC. The second-order valence-electron chi connectivity index (χ2n) is 4.84. The molecule has 2 nitrogen and oxygen atoms in total. The van der Waals surface area contributed by atoms with Crippen molar-refractivity contribution in [3.8, 4) is 0 Å². The predicted octanol–water partition coefficient (Wildman–Crippen LogP) is 4.28. The summed E-state index contributed by atoms with van der Waals surface area (Å²) in [7, 11) is 3.51. The average molecular weight is 232 g/mol. The average Bonchev–Trinajstić information content (AvgIpc) is 2.27. The second-order valence-corrected chi connectivity index (χ2v) is 4.84. The summed E-state index contributed by atoms with van der Waals surface area (Å²) in [6, 6.07) is 0. The van der Waals surface area contributed by atoms with Gasteiger partial charge < -0.3 is 9.47 Å². The first-order valence-electron chi connectivity index (χ1n) is 6.50. The zero-order valence-electron chi connectivity index (χ0n) is 12.4. The highest BCUT2D eigenvalue weighted by molar-refractivity contribution is 4.75. The first-order chi connectivity index (χ1) is 7.46. The largest absolute Gasteiger partial charge is 0.385 e. The molecule has 16 heavy (non-hydrogen) atoms. The molecule has 0 spiro atoms. The summed E-state index contributed by atoms with van der Waals surface area (Å²) in [6.45, 7) is 11.8. The molecule has 0 N–H and O–H groups in total. The smallest absolute Gasteiger partial charge is 0.0648 e. The molecule has 0 saturated carbocycles. The minimum absolute atomic E-state index is 0.0508. The third-order valence-electron chi connectivity index (χ3n) is 3.11. The van der Waals surface area contributed by atoms with Crippen LogP contribution in [0.25, 0.3) is 0 Å². The molecule has 0 aromatic carbocycles. The van der Waals surface area contributed by atoms with E-state index in [0.29, 0.717) is 5.92 Å². The van der Waals surface area contributed by atoms with Crippen LogP contribution in [0.2, 0.25) is 0 Å². The molecule has 0 fully saturated rings. The van der Waals surface area contributed by atoms with E-state index in [4.69, 9.17) is 9.47 Å². The number of rotatable bonds is 7. The molecule has 1 unspecified atom stereocenters. The molecule has 0 aliphatic rings. The van der Waals surface area contributed by atoms with Gasteiger partial charge in [-0.3, -0.25) is 0 Å². The lowest BCUT2D eigenvalue weighted by Gasteiger charge is -2.30. The van der Waals surface area contributed by atoms with Gasteiger partial charge in [0.15, 0.2) is 0 Å². The second kappa shape index (κ2) is 11.4. The van der Waals surface area contributed by atoms with Crippen LogP contribution in [0, 0.1) is 5.92 Å². The van der Waals surface area contributed by atoms with Crippen LogP contribution in [0.4, 0.5) is 0 Å². The summed E-state index contributed by atoms with van der Waals surface area (Å²) in [5.74, 6) is 0.660. The van der Waals surface area contributed by atoms with E-state index in [9.17, 15) is 0 Å². The fraction of sp³-hybridized carbons (Fsp3) is 1.00. The Labute approximate surface area is 103 Å². The summed E-state index contributed by atoms with van der Waals surface area (Å²) in [5.41, 5.74) is 0.0508. The Morgan fingerprint density at radius 1 is 1.06 bits per heavy atom. The molecule has 0 aromatic rings. The van der Waals surface area contributed by atoms with Crippen molar-refractivity contribution in [3.63, 3.8) is 0 Å². The van der Waals surface area contributed by atoms with Crippen molar-refractivity contribution in [3.05, 3.63) is 0 Å². The molecule has 0 aromatic heterocycles. The van der Waals surface area contributed by atoms with E-state index in [1.165, 1.54) is 19.3 Å². The lowest BCUT2D eigenvalue weighted by atomic mass is 9.88. The molecule has 0 saturated heterocycles. The molecule has 0 aliphatic heterocycles. The highest BCUT2D eigenvalue weighted by Gasteiger charge is 2.23. The molecule has 0 aliphatic carbocycles. The Bertz CT molecular complexity index is 131. The van der Waals surface area contributed by atoms with Crippen molar-refractivity contribution in [2.24, 2.45) is 5.92 Å². The van der Waals surface area contributed by atoms with Gasteiger partial charge >= 0.3 is 0 Å². The zero-order chi connectivity index (χ0) is 13.0. The van der Waals surface area contributed by atoms with E-state index in [2.05, 4.69) is 34.6 Å². The Morgan fingerprint density at radius 3 is 1.88 bits per heavy atom. The number of hydrogen-bond acceptors (Lipinski definition) is 2. The lowest BCUT2D eigenvalue weighted by Crippen LogP contribution is -2.31. The summed E-state index contributed by atoms with van der Waals surface area (Å²) in [6.07, 6.45) is 4.99. The van der Waals surface area contributed by atoms with Crippen LogP contribution in [0.3, 0.4) is 0 Å². The van der Waals surface area contributed by atoms with Crippen LogP contribution in [0.5, 0.6) is 0 Å².